The largest absolute Gasteiger partial charge is 0.468 e. The van der Waals surface area contributed by atoms with Crippen molar-refractivity contribution in [3.63, 3.8) is 0 Å². The Morgan fingerprint density at radius 1 is 1.48 bits per heavy atom. The second-order valence-corrected chi connectivity index (χ2v) is 4.93. The second kappa shape index (κ2) is 5.61. The van der Waals surface area contributed by atoms with Crippen LogP contribution in [0.5, 0.6) is 5.75 Å². The van der Waals surface area contributed by atoms with Gasteiger partial charge in [0.2, 0.25) is 0 Å². The number of nitrogens with one attached hydrogen (secondary N) is 2. The van der Waals surface area contributed by atoms with Crippen LogP contribution in [0.4, 0.5) is 5.69 Å². The Labute approximate surface area is 125 Å². The minimum atomic E-state index is -1.78. The highest BCUT2D eigenvalue weighted by Gasteiger charge is 2.47. The normalized spacial score (nSPS) is 19.9. The molecule has 1 aromatic carbocycles. The number of rotatable bonds is 3. The molecule has 21 heavy (non-hydrogen) atoms. The van der Waals surface area contributed by atoms with Gasteiger partial charge in [-0.25, -0.2) is 0 Å². The van der Waals surface area contributed by atoms with Gasteiger partial charge in [-0.1, -0.05) is 11.6 Å². The highest BCUT2D eigenvalue weighted by atomic mass is 35.5. The van der Waals surface area contributed by atoms with Crippen LogP contribution < -0.4 is 15.4 Å². The summed E-state index contributed by atoms with van der Waals surface area (Å²) in [5, 5.41) is 5.27. The van der Waals surface area contributed by atoms with Gasteiger partial charge < -0.3 is 20.1 Å². The topological polar surface area (TPSA) is 93.7 Å². The highest BCUT2D eigenvalue weighted by Crippen LogP contribution is 2.35. The molecule has 1 heterocycles. The second-order valence-electron chi connectivity index (χ2n) is 4.49. The van der Waals surface area contributed by atoms with E-state index in [1.807, 2.05) is 0 Å². The van der Waals surface area contributed by atoms with Crippen molar-refractivity contribution in [2.24, 2.45) is 0 Å². The monoisotopic (exact) mass is 312 g/mol. The first-order valence-corrected chi connectivity index (χ1v) is 6.40. The van der Waals surface area contributed by atoms with Gasteiger partial charge in [0.1, 0.15) is 12.3 Å². The number of esters is 1. The third kappa shape index (κ3) is 2.92. The first-order chi connectivity index (χ1) is 9.86. The van der Waals surface area contributed by atoms with Crippen LogP contribution in [0, 0.1) is 0 Å². The van der Waals surface area contributed by atoms with Crippen LogP contribution in [0.15, 0.2) is 18.2 Å². The predicted octanol–water partition coefficient (Wildman–Crippen LogP) is 0.719. The zero-order chi connectivity index (χ0) is 15.6. The lowest BCUT2D eigenvalue weighted by Gasteiger charge is -2.33. The summed E-state index contributed by atoms with van der Waals surface area (Å²) >= 11 is 5.82. The molecular weight excluding hydrogens is 300 g/mol. The molecule has 1 aliphatic rings. The number of methoxy groups -OCH3 is 1. The van der Waals surface area contributed by atoms with Gasteiger partial charge in [-0.2, -0.15) is 0 Å². The molecule has 0 bridgehead atoms. The van der Waals surface area contributed by atoms with Crippen LogP contribution in [-0.4, -0.2) is 37.0 Å². The minimum Gasteiger partial charge on any atom is -0.468 e. The van der Waals surface area contributed by atoms with E-state index < -0.39 is 23.4 Å². The Morgan fingerprint density at radius 3 is 2.86 bits per heavy atom. The van der Waals surface area contributed by atoms with Gasteiger partial charge >= 0.3 is 5.97 Å². The third-order valence-electron chi connectivity index (χ3n) is 2.99. The Bertz CT molecular complexity index is 619. The average molecular weight is 313 g/mol. The van der Waals surface area contributed by atoms with E-state index in [9.17, 15) is 14.4 Å². The zero-order valence-electron chi connectivity index (χ0n) is 11.4. The molecule has 1 unspecified atom stereocenters. The maximum atomic E-state index is 12.1. The van der Waals surface area contributed by atoms with Crippen LogP contribution in [0.2, 0.25) is 5.02 Å². The van der Waals surface area contributed by atoms with Crippen LogP contribution >= 0.6 is 11.6 Å². The number of halogens is 1. The average Bonchev–Trinajstić information content (AvgIpc) is 2.45. The maximum Gasteiger partial charge on any atom is 0.325 e. The Kier molecular flexibility index (Phi) is 4.04. The Morgan fingerprint density at radius 2 is 2.19 bits per heavy atom. The molecule has 0 radical (unpaired) electrons. The fraction of sp³-hybridized carbons (Fsp3) is 0.308. The molecule has 0 saturated carbocycles. The van der Waals surface area contributed by atoms with E-state index in [4.69, 9.17) is 16.3 Å². The van der Waals surface area contributed by atoms with Crippen molar-refractivity contribution in [3.8, 4) is 5.75 Å². The fourth-order valence-corrected chi connectivity index (χ4v) is 1.91. The van der Waals surface area contributed by atoms with Gasteiger partial charge in [0.15, 0.2) is 0 Å². The summed E-state index contributed by atoms with van der Waals surface area (Å²) in [4.78, 5) is 35.2. The summed E-state index contributed by atoms with van der Waals surface area (Å²) in [6, 6.07) is 4.63. The number of benzene rings is 1. The van der Waals surface area contributed by atoms with Gasteiger partial charge in [-0.3, -0.25) is 14.4 Å². The highest BCUT2D eigenvalue weighted by molar-refractivity contribution is 6.31. The van der Waals surface area contributed by atoms with E-state index >= 15 is 0 Å². The van der Waals surface area contributed by atoms with Crippen molar-refractivity contribution in [3.05, 3.63) is 23.2 Å². The lowest BCUT2D eigenvalue weighted by molar-refractivity contribution is -0.149. The number of ether oxygens (including phenoxy) is 2. The molecule has 2 rings (SSSR count). The van der Waals surface area contributed by atoms with Crippen molar-refractivity contribution < 1.29 is 23.9 Å². The van der Waals surface area contributed by atoms with Crippen molar-refractivity contribution in [2.75, 3.05) is 19.0 Å². The SMILES string of the molecule is COC(=O)CNC(=O)C1(C)Oc2ccc(Cl)cc2NC1=O. The van der Waals surface area contributed by atoms with E-state index in [1.165, 1.54) is 20.1 Å². The molecule has 7 nitrogen and oxygen atoms in total. The fourth-order valence-electron chi connectivity index (χ4n) is 1.74. The number of amides is 2. The van der Waals surface area contributed by atoms with Crippen molar-refractivity contribution in [1.82, 2.24) is 5.32 Å². The standard InChI is InChI=1S/C13H13ClN2O5/c1-13(11(18)15-6-10(17)20-2)12(19)16-8-5-7(14)3-4-9(8)21-13/h3-5H,6H2,1-2H3,(H,15,18)(H,16,19). The van der Waals surface area contributed by atoms with Crippen molar-refractivity contribution >= 4 is 35.1 Å². The number of fused-ring (bicyclic) bond motifs is 1. The third-order valence-corrected chi connectivity index (χ3v) is 3.23. The van der Waals surface area contributed by atoms with Crippen molar-refractivity contribution in [1.29, 1.82) is 0 Å². The molecule has 0 aromatic heterocycles. The molecule has 112 valence electrons. The number of carbonyl (C=O) groups is 3. The quantitative estimate of drug-likeness (QED) is 0.633. The Balaban J connectivity index is 2.19. The van der Waals surface area contributed by atoms with Gasteiger partial charge in [-0.15, -0.1) is 0 Å². The summed E-state index contributed by atoms with van der Waals surface area (Å²) < 4.78 is 9.89. The lowest BCUT2D eigenvalue weighted by Crippen LogP contribution is -2.59. The van der Waals surface area contributed by atoms with E-state index in [0.717, 1.165) is 0 Å². The summed E-state index contributed by atoms with van der Waals surface area (Å²) in [7, 11) is 1.19. The molecule has 2 N–H and O–H groups in total. The van der Waals surface area contributed by atoms with Crippen LogP contribution in [0.3, 0.4) is 0 Å². The van der Waals surface area contributed by atoms with Crippen LogP contribution in [0.25, 0.3) is 0 Å². The molecule has 1 aliphatic heterocycles. The molecular formula is C13H13ClN2O5. The minimum absolute atomic E-state index is 0.315. The van der Waals surface area contributed by atoms with Crippen LogP contribution in [-0.2, 0) is 19.1 Å². The number of carbonyl (C=O) groups excluding carboxylic acids is 3. The first-order valence-electron chi connectivity index (χ1n) is 6.02. The molecule has 0 aliphatic carbocycles. The van der Waals surface area contributed by atoms with Gasteiger partial charge in [0.05, 0.1) is 12.8 Å². The van der Waals surface area contributed by atoms with Gasteiger partial charge in [0, 0.05) is 5.02 Å². The van der Waals surface area contributed by atoms with E-state index in [1.54, 1.807) is 12.1 Å². The number of anilines is 1. The van der Waals surface area contributed by atoms with Crippen LogP contribution in [0.1, 0.15) is 6.92 Å². The van der Waals surface area contributed by atoms with E-state index in [-0.39, 0.29) is 6.54 Å². The molecule has 0 saturated heterocycles. The Hall–Kier alpha value is -2.28. The predicted molar refractivity (Wildman–Crippen MR) is 74.1 cm³/mol. The summed E-state index contributed by atoms with van der Waals surface area (Å²) in [5.74, 6) is -1.71. The molecule has 8 heteroatoms. The summed E-state index contributed by atoms with van der Waals surface area (Å²) in [6.07, 6.45) is 0. The molecule has 0 spiro atoms. The maximum absolute atomic E-state index is 12.1. The zero-order valence-corrected chi connectivity index (χ0v) is 12.1. The summed E-state index contributed by atoms with van der Waals surface area (Å²) in [6.45, 7) is 0.960. The molecule has 0 fully saturated rings. The van der Waals surface area contributed by atoms with Gasteiger partial charge in [-0.05, 0) is 25.1 Å². The lowest BCUT2D eigenvalue weighted by atomic mass is 10.0. The molecule has 1 atom stereocenters. The molecule has 2 amide bonds. The number of hydrogen-bond acceptors (Lipinski definition) is 5. The van der Waals surface area contributed by atoms with Gasteiger partial charge in [0.25, 0.3) is 17.4 Å². The van der Waals surface area contributed by atoms with Crippen molar-refractivity contribution in [2.45, 2.75) is 12.5 Å². The first kappa shape index (κ1) is 15.1. The summed E-state index contributed by atoms with van der Waals surface area (Å²) in [5.41, 5.74) is -1.40. The molecule has 1 aromatic rings. The number of hydrogen-bond donors (Lipinski definition) is 2. The smallest absolute Gasteiger partial charge is 0.325 e. The van der Waals surface area contributed by atoms with E-state index in [2.05, 4.69) is 15.4 Å². The van der Waals surface area contributed by atoms with E-state index in [0.29, 0.717) is 16.5 Å².